The first-order valence-corrected chi connectivity index (χ1v) is 10.9. The Balaban J connectivity index is 1.64. The van der Waals surface area contributed by atoms with Gasteiger partial charge in [0.25, 0.3) is 5.91 Å². The van der Waals surface area contributed by atoms with E-state index in [1.54, 1.807) is 0 Å². The van der Waals surface area contributed by atoms with Crippen LogP contribution in [0.3, 0.4) is 0 Å². The lowest BCUT2D eigenvalue weighted by molar-refractivity contribution is -0.950. The number of para-hydroxylation sites is 1. The summed E-state index contributed by atoms with van der Waals surface area (Å²) in [6.45, 7) is 6.50. The Morgan fingerprint density at radius 3 is 2.20 bits per heavy atom. The van der Waals surface area contributed by atoms with E-state index in [9.17, 15) is 4.79 Å². The molecule has 3 heteroatoms. The summed E-state index contributed by atoms with van der Waals surface area (Å²) in [4.78, 5) is 13.3. The molecule has 1 aliphatic heterocycles. The molecule has 2 unspecified atom stereocenters. The van der Waals surface area contributed by atoms with Crippen LogP contribution in [0.4, 0.5) is 5.69 Å². The number of rotatable bonds is 6. The molecule has 1 N–H and O–H groups in total. The first-order chi connectivity index (χ1) is 14.6. The van der Waals surface area contributed by atoms with Gasteiger partial charge >= 0.3 is 0 Å². The van der Waals surface area contributed by atoms with Crippen LogP contribution in [0.2, 0.25) is 0 Å². The average molecular weight is 400 g/mol. The van der Waals surface area contributed by atoms with Gasteiger partial charge in [0.15, 0.2) is 6.54 Å². The summed E-state index contributed by atoms with van der Waals surface area (Å²) in [5, 5.41) is 3.23. The minimum absolute atomic E-state index is 0.103. The first kappa shape index (κ1) is 20.4. The molecule has 0 aromatic heterocycles. The lowest BCUT2D eigenvalue weighted by atomic mass is 10.0. The number of carbonyl (C=O) groups excluding carboxylic acids is 1. The van der Waals surface area contributed by atoms with Gasteiger partial charge in [0.2, 0.25) is 0 Å². The zero-order chi connectivity index (χ0) is 21.0. The number of amides is 1. The van der Waals surface area contributed by atoms with E-state index in [1.165, 1.54) is 11.1 Å². The van der Waals surface area contributed by atoms with Gasteiger partial charge in [-0.25, -0.2) is 0 Å². The highest BCUT2D eigenvalue weighted by Gasteiger charge is 2.44. The van der Waals surface area contributed by atoms with E-state index >= 15 is 0 Å². The molecule has 0 aliphatic carbocycles. The molecule has 1 heterocycles. The summed E-state index contributed by atoms with van der Waals surface area (Å²) in [7, 11) is 0. The second-order valence-corrected chi connectivity index (χ2v) is 8.63. The standard InChI is InChI=1S/C27H30N2O/c1-21-11-9-12-22(2)27(21)28-26(30)20-29(19-23-13-5-3-6-14-23)18-10-17-25(29)24-15-7-4-8-16-24/h3-9,11-16,25H,10,17-20H2,1-2H3/p+1. The molecule has 154 valence electrons. The van der Waals surface area contributed by atoms with Crippen molar-refractivity contribution in [1.82, 2.24) is 0 Å². The fourth-order valence-electron chi connectivity index (χ4n) is 5.05. The van der Waals surface area contributed by atoms with E-state index in [-0.39, 0.29) is 5.91 Å². The van der Waals surface area contributed by atoms with E-state index in [0.29, 0.717) is 12.6 Å². The Kier molecular flexibility index (Phi) is 6.01. The maximum atomic E-state index is 13.3. The third kappa shape index (κ3) is 4.31. The summed E-state index contributed by atoms with van der Waals surface area (Å²) in [5.41, 5.74) is 5.81. The molecular formula is C27H31N2O+. The summed E-state index contributed by atoms with van der Waals surface area (Å²) in [5.74, 6) is 0.103. The van der Waals surface area contributed by atoms with Gasteiger partial charge in [-0.3, -0.25) is 4.79 Å². The van der Waals surface area contributed by atoms with Crippen LogP contribution in [0.15, 0.2) is 78.9 Å². The maximum Gasteiger partial charge on any atom is 0.279 e. The number of nitrogens with one attached hydrogen (secondary N) is 1. The number of anilines is 1. The molecule has 30 heavy (non-hydrogen) atoms. The third-order valence-electron chi connectivity index (χ3n) is 6.47. The van der Waals surface area contributed by atoms with Crippen molar-refractivity contribution < 1.29 is 9.28 Å². The minimum atomic E-state index is 0.103. The van der Waals surface area contributed by atoms with Gasteiger partial charge in [0.05, 0.1) is 6.54 Å². The van der Waals surface area contributed by atoms with Crippen molar-refractivity contribution >= 4 is 11.6 Å². The van der Waals surface area contributed by atoms with Crippen LogP contribution in [0.1, 0.15) is 41.1 Å². The Bertz CT molecular complexity index is 980. The first-order valence-electron chi connectivity index (χ1n) is 10.9. The molecule has 0 bridgehead atoms. The Hall–Kier alpha value is -2.91. The lowest BCUT2D eigenvalue weighted by Crippen LogP contribution is -2.51. The van der Waals surface area contributed by atoms with Crippen LogP contribution in [-0.4, -0.2) is 23.5 Å². The zero-order valence-corrected chi connectivity index (χ0v) is 18.0. The molecule has 0 spiro atoms. The number of hydrogen-bond acceptors (Lipinski definition) is 1. The van der Waals surface area contributed by atoms with Crippen molar-refractivity contribution in [2.45, 2.75) is 39.3 Å². The van der Waals surface area contributed by atoms with Gasteiger partial charge in [-0.05, 0) is 25.0 Å². The van der Waals surface area contributed by atoms with Crippen molar-refractivity contribution in [2.24, 2.45) is 0 Å². The number of likely N-dealkylation sites (tertiary alicyclic amines) is 1. The topological polar surface area (TPSA) is 29.1 Å². The Morgan fingerprint density at radius 1 is 0.900 bits per heavy atom. The van der Waals surface area contributed by atoms with Crippen LogP contribution in [0, 0.1) is 13.8 Å². The molecule has 3 nitrogen and oxygen atoms in total. The van der Waals surface area contributed by atoms with Crippen molar-refractivity contribution in [1.29, 1.82) is 0 Å². The van der Waals surface area contributed by atoms with Crippen LogP contribution < -0.4 is 5.32 Å². The monoisotopic (exact) mass is 399 g/mol. The van der Waals surface area contributed by atoms with Crippen molar-refractivity contribution in [3.63, 3.8) is 0 Å². The summed E-state index contributed by atoms with van der Waals surface area (Å²) in [6, 6.07) is 27.8. The van der Waals surface area contributed by atoms with Gasteiger partial charge in [0.1, 0.15) is 12.6 Å². The molecule has 0 radical (unpaired) electrons. The number of hydrogen-bond donors (Lipinski definition) is 1. The molecule has 3 aromatic rings. The molecular weight excluding hydrogens is 368 g/mol. The predicted molar refractivity (Wildman–Crippen MR) is 123 cm³/mol. The van der Waals surface area contributed by atoms with Gasteiger partial charge in [-0.1, -0.05) is 78.9 Å². The van der Waals surface area contributed by atoms with Gasteiger partial charge in [-0.15, -0.1) is 0 Å². The smallest absolute Gasteiger partial charge is 0.279 e. The molecule has 1 aliphatic rings. The third-order valence-corrected chi connectivity index (χ3v) is 6.47. The van der Waals surface area contributed by atoms with E-state index in [2.05, 4.69) is 92.0 Å². The van der Waals surface area contributed by atoms with Crippen molar-refractivity contribution in [3.05, 3.63) is 101 Å². The second kappa shape index (κ2) is 8.85. The van der Waals surface area contributed by atoms with Crippen LogP contribution in [0.5, 0.6) is 0 Å². The van der Waals surface area contributed by atoms with Crippen LogP contribution >= 0.6 is 0 Å². The van der Waals surface area contributed by atoms with E-state index in [0.717, 1.165) is 47.2 Å². The lowest BCUT2D eigenvalue weighted by Gasteiger charge is -2.40. The zero-order valence-electron chi connectivity index (χ0n) is 18.0. The molecule has 0 saturated carbocycles. The van der Waals surface area contributed by atoms with Crippen LogP contribution in [0.25, 0.3) is 0 Å². The Labute approximate surface area is 180 Å². The number of benzene rings is 3. The van der Waals surface area contributed by atoms with E-state index in [4.69, 9.17) is 0 Å². The summed E-state index contributed by atoms with van der Waals surface area (Å²) in [6.07, 6.45) is 2.26. The second-order valence-electron chi connectivity index (χ2n) is 8.63. The van der Waals surface area contributed by atoms with Gasteiger partial charge in [-0.2, -0.15) is 0 Å². The maximum absolute atomic E-state index is 13.3. The highest BCUT2D eigenvalue weighted by Crippen LogP contribution is 2.41. The quantitative estimate of drug-likeness (QED) is 0.522. The highest BCUT2D eigenvalue weighted by molar-refractivity contribution is 5.93. The van der Waals surface area contributed by atoms with Crippen molar-refractivity contribution in [2.75, 3.05) is 18.4 Å². The normalized spacial score (nSPS) is 20.8. The van der Waals surface area contributed by atoms with Crippen LogP contribution in [-0.2, 0) is 11.3 Å². The molecule has 1 fully saturated rings. The molecule has 1 amide bonds. The number of quaternary nitrogens is 1. The van der Waals surface area contributed by atoms with Crippen molar-refractivity contribution in [3.8, 4) is 0 Å². The largest absolute Gasteiger partial charge is 0.321 e. The summed E-state index contributed by atoms with van der Waals surface area (Å²) >= 11 is 0. The molecule has 3 aromatic carbocycles. The highest BCUT2D eigenvalue weighted by atomic mass is 16.2. The minimum Gasteiger partial charge on any atom is -0.321 e. The predicted octanol–water partition coefficient (Wildman–Crippen LogP) is 5.79. The Morgan fingerprint density at radius 2 is 1.53 bits per heavy atom. The van der Waals surface area contributed by atoms with E-state index in [1.807, 2.05) is 6.07 Å². The fraction of sp³-hybridized carbons (Fsp3) is 0.296. The molecule has 4 rings (SSSR count). The van der Waals surface area contributed by atoms with Gasteiger partial charge < -0.3 is 9.80 Å². The molecule has 1 saturated heterocycles. The average Bonchev–Trinajstić information content (AvgIpc) is 3.15. The SMILES string of the molecule is Cc1cccc(C)c1NC(=O)C[N+]1(Cc2ccccc2)CCCC1c1ccccc1. The number of aryl methyl sites for hydroxylation is 2. The summed E-state index contributed by atoms with van der Waals surface area (Å²) < 4.78 is 0.783. The number of carbonyl (C=O) groups is 1. The van der Waals surface area contributed by atoms with E-state index < -0.39 is 0 Å². The number of nitrogens with zero attached hydrogens (tertiary/aromatic N) is 1. The molecule has 2 atom stereocenters. The van der Waals surface area contributed by atoms with Gasteiger partial charge in [0, 0.05) is 29.7 Å². The fourth-order valence-corrected chi connectivity index (χ4v) is 5.05.